The van der Waals surface area contributed by atoms with Crippen LogP contribution in [0.4, 0.5) is 0 Å². The third-order valence-electron chi connectivity index (χ3n) is 3.53. The van der Waals surface area contributed by atoms with Crippen molar-refractivity contribution in [3.05, 3.63) is 0 Å². The molecule has 1 saturated carbocycles. The molecule has 98 valence electrons. The molecule has 0 amide bonds. The lowest BCUT2D eigenvalue weighted by atomic mass is 10.1. The lowest BCUT2D eigenvalue weighted by Crippen LogP contribution is -2.46. The van der Waals surface area contributed by atoms with Crippen molar-refractivity contribution >= 4 is 5.97 Å². The maximum Gasteiger partial charge on any atom is 0.322 e. The Morgan fingerprint density at radius 3 is 2.88 bits per heavy atom. The second-order valence-electron chi connectivity index (χ2n) is 5.20. The van der Waals surface area contributed by atoms with Crippen molar-refractivity contribution in [2.24, 2.45) is 5.92 Å². The van der Waals surface area contributed by atoms with E-state index in [0.29, 0.717) is 18.5 Å². The molecule has 2 unspecified atom stereocenters. The molecule has 2 N–H and O–H groups in total. The van der Waals surface area contributed by atoms with Gasteiger partial charge >= 0.3 is 5.97 Å². The van der Waals surface area contributed by atoms with Gasteiger partial charge in [-0.1, -0.05) is 0 Å². The standard InChI is InChI=1S/C12H22N2O3/c1-17-8-9-4-5-14(6-9)7-11(12(15)16)13-10-2-3-10/h9-11,13H,2-8H2,1H3,(H,15,16). The summed E-state index contributed by atoms with van der Waals surface area (Å²) < 4.78 is 5.14. The van der Waals surface area contributed by atoms with Gasteiger partial charge in [-0.15, -0.1) is 0 Å². The minimum atomic E-state index is -0.730. The fourth-order valence-electron chi connectivity index (χ4n) is 2.45. The van der Waals surface area contributed by atoms with Crippen molar-refractivity contribution < 1.29 is 14.6 Å². The Bertz CT molecular complexity index is 268. The highest BCUT2D eigenvalue weighted by Crippen LogP contribution is 2.21. The first-order valence-corrected chi connectivity index (χ1v) is 6.39. The maximum absolute atomic E-state index is 11.1. The Kier molecular flexibility index (Phi) is 4.36. The van der Waals surface area contributed by atoms with Gasteiger partial charge in [-0.25, -0.2) is 0 Å². The molecule has 0 bridgehead atoms. The summed E-state index contributed by atoms with van der Waals surface area (Å²) >= 11 is 0. The molecule has 0 aromatic rings. The van der Waals surface area contributed by atoms with E-state index in [9.17, 15) is 4.79 Å². The number of methoxy groups -OCH3 is 1. The van der Waals surface area contributed by atoms with E-state index in [1.165, 1.54) is 0 Å². The number of aliphatic carboxylic acids is 1. The van der Waals surface area contributed by atoms with Gasteiger partial charge in [0.15, 0.2) is 0 Å². The van der Waals surface area contributed by atoms with Crippen LogP contribution in [0.1, 0.15) is 19.3 Å². The topological polar surface area (TPSA) is 61.8 Å². The predicted octanol–water partition coefficient (Wildman–Crippen LogP) is 0.160. The SMILES string of the molecule is COCC1CCN(CC(NC2CC2)C(=O)O)C1. The van der Waals surface area contributed by atoms with Crippen molar-refractivity contribution in [3.63, 3.8) is 0 Å². The number of carboxylic acids is 1. The summed E-state index contributed by atoms with van der Waals surface area (Å²) in [4.78, 5) is 13.4. The first-order valence-electron chi connectivity index (χ1n) is 6.39. The number of hydrogen-bond donors (Lipinski definition) is 2. The van der Waals surface area contributed by atoms with Crippen LogP contribution in [-0.2, 0) is 9.53 Å². The highest BCUT2D eigenvalue weighted by Gasteiger charge is 2.31. The predicted molar refractivity (Wildman–Crippen MR) is 64.0 cm³/mol. The molecule has 1 saturated heterocycles. The zero-order chi connectivity index (χ0) is 12.3. The van der Waals surface area contributed by atoms with E-state index in [-0.39, 0.29) is 0 Å². The quantitative estimate of drug-likeness (QED) is 0.666. The van der Waals surface area contributed by atoms with Gasteiger partial charge < -0.3 is 20.1 Å². The zero-order valence-corrected chi connectivity index (χ0v) is 10.4. The number of hydrogen-bond acceptors (Lipinski definition) is 4. The molecule has 2 atom stereocenters. The monoisotopic (exact) mass is 242 g/mol. The average Bonchev–Trinajstić information content (AvgIpc) is 2.99. The molecule has 0 radical (unpaired) electrons. The van der Waals surface area contributed by atoms with Crippen LogP contribution >= 0.6 is 0 Å². The van der Waals surface area contributed by atoms with Gasteiger partial charge in [0.25, 0.3) is 0 Å². The van der Waals surface area contributed by atoms with Crippen molar-refractivity contribution in [2.75, 3.05) is 33.4 Å². The summed E-state index contributed by atoms with van der Waals surface area (Å²) in [5, 5.41) is 12.4. The third-order valence-corrected chi connectivity index (χ3v) is 3.53. The van der Waals surface area contributed by atoms with E-state index in [4.69, 9.17) is 9.84 Å². The van der Waals surface area contributed by atoms with Gasteiger partial charge in [0, 0.05) is 26.2 Å². The Morgan fingerprint density at radius 1 is 1.53 bits per heavy atom. The summed E-state index contributed by atoms with van der Waals surface area (Å²) in [7, 11) is 1.72. The summed E-state index contributed by atoms with van der Waals surface area (Å²) in [5.41, 5.74) is 0. The van der Waals surface area contributed by atoms with E-state index in [2.05, 4.69) is 10.2 Å². The molecule has 1 aliphatic heterocycles. The Balaban J connectivity index is 1.75. The fraction of sp³-hybridized carbons (Fsp3) is 0.917. The van der Waals surface area contributed by atoms with Gasteiger partial charge in [0.2, 0.25) is 0 Å². The summed E-state index contributed by atoms with van der Waals surface area (Å²) in [6, 6.07) is 0.0253. The van der Waals surface area contributed by atoms with Crippen LogP contribution in [-0.4, -0.2) is 61.4 Å². The molecule has 1 aliphatic carbocycles. The third kappa shape index (κ3) is 3.94. The van der Waals surface area contributed by atoms with Crippen LogP contribution in [0.5, 0.6) is 0 Å². The molecular weight excluding hydrogens is 220 g/mol. The molecule has 1 heterocycles. The van der Waals surface area contributed by atoms with E-state index >= 15 is 0 Å². The summed E-state index contributed by atoms with van der Waals surface area (Å²) in [5.74, 6) is -0.164. The normalized spacial score (nSPS) is 27.2. The molecule has 2 aliphatic rings. The summed E-state index contributed by atoms with van der Waals surface area (Å²) in [6.45, 7) is 3.35. The van der Waals surface area contributed by atoms with Crippen molar-refractivity contribution in [1.82, 2.24) is 10.2 Å². The van der Waals surface area contributed by atoms with E-state index in [1.807, 2.05) is 0 Å². The minimum absolute atomic E-state index is 0.413. The largest absolute Gasteiger partial charge is 0.480 e. The van der Waals surface area contributed by atoms with Gasteiger partial charge in [0.1, 0.15) is 6.04 Å². The number of likely N-dealkylation sites (tertiary alicyclic amines) is 1. The van der Waals surface area contributed by atoms with Gasteiger partial charge in [-0.05, 0) is 31.7 Å². The molecule has 2 fully saturated rings. The molecule has 0 aromatic heterocycles. The van der Waals surface area contributed by atoms with E-state index in [0.717, 1.165) is 39.0 Å². The van der Waals surface area contributed by atoms with Gasteiger partial charge in [0.05, 0.1) is 6.61 Å². The second-order valence-corrected chi connectivity index (χ2v) is 5.20. The maximum atomic E-state index is 11.1. The molecule has 5 heteroatoms. The van der Waals surface area contributed by atoms with Crippen molar-refractivity contribution in [2.45, 2.75) is 31.3 Å². The smallest absolute Gasteiger partial charge is 0.322 e. The van der Waals surface area contributed by atoms with Gasteiger partial charge in [-0.3, -0.25) is 4.79 Å². The van der Waals surface area contributed by atoms with Crippen molar-refractivity contribution in [3.8, 4) is 0 Å². The molecule has 5 nitrogen and oxygen atoms in total. The van der Waals surface area contributed by atoms with E-state index in [1.54, 1.807) is 7.11 Å². The number of ether oxygens (including phenoxy) is 1. The Morgan fingerprint density at radius 2 is 2.29 bits per heavy atom. The molecule has 2 rings (SSSR count). The number of nitrogens with one attached hydrogen (secondary N) is 1. The number of rotatable bonds is 7. The molecule has 0 aromatic carbocycles. The second kappa shape index (κ2) is 5.80. The lowest BCUT2D eigenvalue weighted by molar-refractivity contribution is -0.140. The van der Waals surface area contributed by atoms with Crippen LogP contribution in [0.15, 0.2) is 0 Å². The zero-order valence-electron chi connectivity index (χ0n) is 10.4. The van der Waals surface area contributed by atoms with Crippen LogP contribution in [0.25, 0.3) is 0 Å². The van der Waals surface area contributed by atoms with E-state index < -0.39 is 12.0 Å². The average molecular weight is 242 g/mol. The number of carbonyl (C=O) groups is 1. The summed E-state index contributed by atoms with van der Waals surface area (Å²) in [6.07, 6.45) is 3.36. The highest BCUT2D eigenvalue weighted by molar-refractivity contribution is 5.73. The van der Waals surface area contributed by atoms with Crippen LogP contribution < -0.4 is 5.32 Å². The van der Waals surface area contributed by atoms with Crippen LogP contribution in [0.3, 0.4) is 0 Å². The molecular formula is C12H22N2O3. The lowest BCUT2D eigenvalue weighted by Gasteiger charge is -2.21. The molecule has 17 heavy (non-hydrogen) atoms. The first kappa shape index (κ1) is 12.8. The van der Waals surface area contributed by atoms with Crippen LogP contribution in [0, 0.1) is 5.92 Å². The van der Waals surface area contributed by atoms with Gasteiger partial charge in [-0.2, -0.15) is 0 Å². The van der Waals surface area contributed by atoms with Crippen molar-refractivity contribution in [1.29, 1.82) is 0 Å². The Labute approximate surface area is 102 Å². The first-order chi connectivity index (χ1) is 8.19. The minimum Gasteiger partial charge on any atom is -0.480 e. The number of nitrogens with zero attached hydrogens (tertiary/aromatic N) is 1. The fourth-order valence-corrected chi connectivity index (χ4v) is 2.45. The highest BCUT2D eigenvalue weighted by atomic mass is 16.5. The Hall–Kier alpha value is -0.650. The molecule has 0 spiro atoms. The number of carboxylic acid groups (broad SMARTS) is 1. The van der Waals surface area contributed by atoms with Crippen LogP contribution in [0.2, 0.25) is 0 Å².